The molecule has 0 radical (unpaired) electrons. The zero-order valence-corrected chi connectivity index (χ0v) is 12.2. The van der Waals surface area contributed by atoms with E-state index >= 15 is 0 Å². The van der Waals surface area contributed by atoms with Crippen molar-refractivity contribution in [3.05, 3.63) is 48.3 Å². The number of likely N-dealkylation sites (N-methyl/N-ethyl adjacent to an activating group) is 1. The third kappa shape index (κ3) is 5.74. The highest BCUT2D eigenvalue weighted by Gasteiger charge is 2.16. The van der Waals surface area contributed by atoms with Gasteiger partial charge in [0.05, 0.1) is 6.54 Å². The highest BCUT2D eigenvalue weighted by atomic mass is 19.1. The van der Waals surface area contributed by atoms with E-state index in [9.17, 15) is 14.0 Å². The Morgan fingerprint density at radius 2 is 2.00 bits per heavy atom. The van der Waals surface area contributed by atoms with Crippen LogP contribution in [-0.4, -0.2) is 37.0 Å². The fraction of sp³-hybridized carbons (Fsp3) is 0.333. The first kappa shape index (κ1) is 16.8. The second-order valence-electron chi connectivity index (χ2n) is 4.69. The first-order valence-corrected chi connectivity index (χ1v) is 6.58. The summed E-state index contributed by atoms with van der Waals surface area (Å²) in [6, 6.07) is 5.47. The lowest BCUT2D eigenvalue weighted by molar-refractivity contribution is -0.121. The minimum absolute atomic E-state index is 0.0556. The van der Waals surface area contributed by atoms with Crippen LogP contribution in [0.15, 0.2) is 36.9 Å². The fourth-order valence-electron chi connectivity index (χ4n) is 1.73. The number of hydrogen-bond acceptors (Lipinski definition) is 3. The van der Waals surface area contributed by atoms with Crippen molar-refractivity contribution in [2.45, 2.75) is 13.0 Å². The van der Waals surface area contributed by atoms with E-state index in [0.29, 0.717) is 6.54 Å². The van der Waals surface area contributed by atoms with E-state index in [1.165, 1.54) is 18.2 Å². The number of carbonyl (C=O) groups is 2. The van der Waals surface area contributed by atoms with Gasteiger partial charge in [0.25, 0.3) is 0 Å². The third-order valence-electron chi connectivity index (χ3n) is 3.07. The molecule has 0 heterocycles. The van der Waals surface area contributed by atoms with Gasteiger partial charge >= 0.3 is 6.03 Å². The van der Waals surface area contributed by atoms with E-state index in [-0.39, 0.29) is 18.4 Å². The van der Waals surface area contributed by atoms with Gasteiger partial charge in [-0.15, -0.1) is 6.58 Å². The molecule has 0 saturated carbocycles. The SMILES string of the molecule is C=CCNC(=O)NC(=O)CN(C)C(C)c1ccc(F)cc1. The Bertz CT molecular complexity index is 502. The molecule has 1 rings (SSSR count). The van der Waals surface area contributed by atoms with E-state index in [1.807, 2.05) is 6.92 Å². The van der Waals surface area contributed by atoms with Gasteiger partial charge in [-0.2, -0.15) is 0 Å². The molecule has 0 aliphatic rings. The van der Waals surface area contributed by atoms with Gasteiger partial charge in [-0.3, -0.25) is 15.0 Å². The number of nitrogens with one attached hydrogen (secondary N) is 2. The van der Waals surface area contributed by atoms with Gasteiger partial charge in [-0.05, 0) is 31.7 Å². The molecular formula is C15H20FN3O2. The molecule has 0 aromatic heterocycles. The van der Waals surface area contributed by atoms with E-state index in [0.717, 1.165) is 5.56 Å². The third-order valence-corrected chi connectivity index (χ3v) is 3.07. The Kier molecular flexibility index (Phi) is 6.55. The average Bonchev–Trinajstić information content (AvgIpc) is 2.44. The monoisotopic (exact) mass is 293 g/mol. The van der Waals surface area contributed by atoms with Crippen LogP contribution >= 0.6 is 0 Å². The zero-order valence-electron chi connectivity index (χ0n) is 12.2. The summed E-state index contributed by atoms with van der Waals surface area (Å²) in [7, 11) is 1.76. The van der Waals surface area contributed by atoms with Crippen LogP contribution in [0.2, 0.25) is 0 Å². The fourth-order valence-corrected chi connectivity index (χ4v) is 1.73. The first-order chi connectivity index (χ1) is 9.93. The van der Waals surface area contributed by atoms with Crippen molar-refractivity contribution in [1.29, 1.82) is 0 Å². The molecule has 0 aliphatic carbocycles. The summed E-state index contributed by atoms with van der Waals surface area (Å²) >= 11 is 0. The van der Waals surface area contributed by atoms with Gasteiger partial charge in [0.1, 0.15) is 5.82 Å². The van der Waals surface area contributed by atoms with Crippen LogP contribution in [0.25, 0.3) is 0 Å². The van der Waals surface area contributed by atoms with Crippen molar-refractivity contribution in [1.82, 2.24) is 15.5 Å². The molecule has 0 spiro atoms. The second kappa shape index (κ2) is 8.16. The van der Waals surface area contributed by atoms with E-state index in [2.05, 4.69) is 17.2 Å². The standard InChI is InChI=1S/C15H20FN3O2/c1-4-9-17-15(21)18-14(20)10-19(3)11(2)12-5-7-13(16)8-6-12/h4-8,11H,1,9-10H2,2-3H3,(H2,17,18,20,21). The predicted octanol–water partition coefficient (Wildman–Crippen LogP) is 1.83. The number of urea groups is 1. The molecule has 1 atom stereocenters. The van der Waals surface area contributed by atoms with Gasteiger partial charge in [0.2, 0.25) is 5.91 Å². The molecule has 1 aromatic rings. The van der Waals surface area contributed by atoms with Gasteiger partial charge < -0.3 is 5.32 Å². The number of nitrogens with zero attached hydrogens (tertiary/aromatic N) is 1. The largest absolute Gasteiger partial charge is 0.334 e. The lowest BCUT2D eigenvalue weighted by Gasteiger charge is -2.24. The van der Waals surface area contributed by atoms with Crippen molar-refractivity contribution < 1.29 is 14.0 Å². The Balaban J connectivity index is 2.49. The molecule has 6 heteroatoms. The maximum atomic E-state index is 12.9. The van der Waals surface area contributed by atoms with E-state index in [1.54, 1.807) is 24.1 Å². The molecule has 0 fully saturated rings. The summed E-state index contributed by atoms with van der Waals surface area (Å²) in [6.45, 7) is 5.71. The minimum atomic E-state index is -0.553. The quantitative estimate of drug-likeness (QED) is 0.787. The normalized spacial score (nSPS) is 11.8. The molecule has 114 valence electrons. The topological polar surface area (TPSA) is 61.4 Å². The van der Waals surface area contributed by atoms with E-state index < -0.39 is 11.9 Å². The molecule has 1 unspecified atom stereocenters. The highest BCUT2D eigenvalue weighted by molar-refractivity contribution is 5.95. The van der Waals surface area contributed by atoms with Crippen LogP contribution in [0, 0.1) is 5.82 Å². The number of amides is 3. The van der Waals surface area contributed by atoms with Gasteiger partial charge in [-0.1, -0.05) is 18.2 Å². The van der Waals surface area contributed by atoms with Crippen molar-refractivity contribution in [2.75, 3.05) is 20.1 Å². The number of hydrogen-bond donors (Lipinski definition) is 2. The van der Waals surface area contributed by atoms with Crippen LogP contribution < -0.4 is 10.6 Å². The minimum Gasteiger partial charge on any atom is -0.334 e. The Morgan fingerprint density at radius 1 is 1.38 bits per heavy atom. The summed E-state index contributed by atoms with van der Waals surface area (Å²) in [5.41, 5.74) is 0.891. The number of imide groups is 1. The lowest BCUT2D eigenvalue weighted by atomic mass is 10.1. The van der Waals surface area contributed by atoms with Crippen molar-refractivity contribution in [2.24, 2.45) is 0 Å². The van der Waals surface area contributed by atoms with Crippen molar-refractivity contribution in [3.8, 4) is 0 Å². The molecule has 2 N–H and O–H groups in total. The molecular weight excluding hydrogens is 273 g/mol. The Labute approximate surface area is 123 Å². The van der Waals surface area contributed by atoms with Crippen LogP contribution in [0.3, 0.4) is 0 Å². The lowest BCUT2D eigenvalue weighted by Crippen LogP contribution is -2.44. The summed E-state index contributed by atoms with van der Waals surface area (Å²) in [5, 5.41) is 4.68. The predicted molar refractivity (Wildman–Crippen MR) is 79.2 cm³/mol. The molecule has 0 aliphatic heterocycles. The van der Waals surface area contributed by atoms with Gasteiger partial charge in [0.15, 0.2) is 0 Å². The van der Waals surface area contributed by atoms with Gasteiger partial charge in [0, 0.05) is 12.6 Å². The van der Waals surface area contributed by atoms with Crippen LogP contribution in [0.1, 0.15) is 18.5 Å². The first-order valence-electron chi connectivity index (χ1n) is 6.58. The second-order valence-corrected chi connectivity index (χ2v) is 4.69. The van der Waals surface area contributed by atoms with Gasteiger partial charge in [-0.25, -0.2) is 9.18 Å². The van der Waals surface area contributed by atoms with Crippen LogP contribution in [0.5, 0.6) is 0 Å². The van der Waals surface area contributed by atoms with Crippen molar-refractivity contribution in [3.63, 3.8) is 0 Å². The molecule has 0 bridgehead atoms. The van der Waals surface area contributed by atoms with Crippen LogP contribution in [0.4, 0.5) is 9.18 Å². The highest BCUT2D eigenvalue weighted by Crippen LogP contribution is 2.18. The Hall–Kier alpha value is -2.21. The molecule has 1 aromatic carbocycles. The average molecular weight is 293 g/mol. The summed E-state index contributed by atoms with van der Waals surface area (Å²) < 4.78 is 12.9. The Morgan fingerprint density at radius 3 is 2.57 bits per heavy atom. The number of rotatable bonds is 6. The molecule has 0 saturated heterocycles. The summed E-state index contributed by atoms with van der Waals surface area (Å²) in [6.07, 6.45) is 1.52. The zero-order chi connectivity index (χ0) is 15.8. The molecule has 3 amide bonds. The van der Waals surface area contributed by atoms with Crippen LogP contribution in [-0.2, 0) is 4.79 Å². The number of halogens is 1. The van der Waals surface area contributed by atoms with E-state index in [4.69, 9.17) is 0 Å². The maximum Gasteiger partial charge on any atom is 0.321 e. The number of benzene rings is 1. The number of carbonyl (C=O) groups excluding carboxylic acids is 2. The maximum absolute atomic E-state index is 12.9. The molecule has 5 nitrogen and oxygen atoms in total. The summed E-state index contributed by atoms with van der Waals surface area (Å²) in [5.74, 6) is -0.710. The smallest absolute Gasteiger partial charge is 0.321 e. The molecule has 21 heavy (non-hydrogen) atoms. The van der Waals surface area contributed by atoms with Crippen molar-refractivity contribution >= 4 is 11.9 Å². The summed E-state index contributed by atoms with van der Waals surface area (Å²) in [4.78, 5) is 24.8.